The van der Waals surface area contributed by atoms with Crippen molar-refractivity contribution in [1.29, 1.82) is 0 Å². The number of hydrazone groups is 1. The van der Waals surface area contributed by atoms with E-state index >= 15 is 0 Å². The molecule has 1 aliphatic heterocycles. The van der Waals surface area contributed by atoms with Crippen LogP contribution in [0.15, 0.2) is 33.5 Å². The van der Waals surface area contributed by atoms with Gasteiger partial charge in [-0.15, -0.1) is 0 Å². The van der Waals surface area contributed by atoms with E-state index in [-0.39, 0.29) is 5.91 Å². The first-order valence-corrected chi connectivity index (χ1v) is 9.88. The molecule has 6 heteroatoms. The standard InChI is InChI=1S/C22H30N4O2/c1-14(2)20-16(9-6-7-11-26(4)5)15(3)23-18(20)13-17-21(24-25-22(17)27)19-10-8-12-28-19/h8,10,12-14,23H,6-7,9,11H2,1-5H3,(H,25,27). The number of aromatic amines is 1. The minimum Gasteiger partial charge on any atom is -0.463 e. The second kappa shape index (κ2) is 8.61. The van der Waals surface area contributed by atoms with Gasteiger partial charge in [0.1, 0.15) is 5.71 Å². The fraction of sp³-hybridized carbons (Fsp3) is 0.455. The molecule has 2 N–H and O–H groups in total. The van der Waals surface area contributed by atoms with Gasteiger partial charge < -0.3 is 14.3 Å². The van der Waals surface area contributed by atoms with Crippen molar-refractivity contribution in [3.8, 4) is 0 Å². The van der Waals surface area contributed by atoms with Crippen molar-refractivity contribution in [2.75, 3.05) is 20.6 Å². The Morgan fingerprint density at radius 2 is 2.07 bits per heavy atom. The van der Waals surface area contributed by atoms with Crippen molar-refractivity contribution in [1.82, 2.24) is 15.3 Å². The Bertz CT molecular complexity index is 886. The van der Waals surface area contributed by atoms with Crippen LogP contribution in [-0.2, 0) is 11.2 Å². The summed E-state index contributed by atoms with van der Waals surface area (Å²) in [6, 6.07) is 3.61. The van der Waals surface area contributed by atoms with Gasteiger partial charge in [-0.2, -0.15) is 5.10 Å². The molecular weight excluding hydrogens is 352 g/mol. The molecule has 28 heavy (non-hydrogen) atoms. The fourth-order valence-corrected chi connectivity index (χ4v) is 3.75. The minimum atomic E-state index is -0.208. The monoisotopic (exact) mass is 382 g/mol. The Morgan fingerprint density at radius 3 is 2.71 bits per heavy atom. The van der Waals surface area contributed by atoms with E-state index in [1.54, 1.807) is 12.3 Å². The Labute approximate surface area is 166 Å². The number of carbonyl (C=O) groups is 1. The molecule has 0 saturated heterocycles. The molecule has 1 aliphatic rings. The molecule has 1 amide bonds. The summed E-state index contributed by atoms with van der Waals surface area (Å²) in [4.78, 5) is 18.1. The molecule has 0 unspecified atom stereocenters. The van der Waals surface area contributed by atoms with Crippen molar-refractivity contribution in [3.05, 3.63) is 52.2 Å². The first kappa shape index (κ1) is 20.1. The van der Waals surface area contributed by atoms with Crippen molar-refractivity contribution in [3.63, 3.8) is 0 Å². The lowest BCUT2D eigenvalue weighted by atomic mass is 9.93. The second-order valence-electron chi connectivity index (χ2n) is 7.91. The Kier molecular flexibility index (Phi) is 6.19. The van der Waals surface area contributed by atoms with Crippen molar-refractivity contribution in [2.45, 2.75) is 46.0 Å². The van der Waals surface area contributed by atoms with Crippen LogP contribution in [0.5, 0.6) is 0 Å². The van der Waals surface area contributed by atoms with Crippen molar-refractivity contribution >= 4 is 17.7 Å². The molecule has 0 bridgehead atoms. The van der Waals surface area contributed by atoms with Gasteiger partial charge in [-0.3, -0.25) is 4.79 Å². The third-order valence-corrected chi connectivity index (χ3v) is 5.06. The lowest BCUT2D eigenvalue weighted by Crippen LogP contribution is -2.13. The van der Waals surface area contributed by atoms with E-state index in [9.17, 15) is 4.79 Å². The molecule has 2 aromatic heterocycles. The summed E-state index contributed by atoms with van der Waals surface area (Å²) >= 11 is 0. The fourth-order valence-electron chi connectivity index (χ4n) is 3.75. The maximum absolute atomic E-state index is 12.4. The van der Waals surface area contributed by atoms with Crippen molar-refractivity contribution in [2.24, 2.45) is 5.10 Å². The molecule has 2 aromatic rings. The number of carbonyl (C=O) groups excluding carboxylic acids is 1. The summed E-state index contributed by atoms with van der Waals surface area (Å²) in [5.41, 5.74) is 8.44. The van der Waals surface area contributed by atoms with Gasteiger partial charge in [0.05, 0.1) is 11.8 Å². The number of furan rings is 1. The van der Waals surface area contributed by atoms with Gasteiger partial charge >= 0.3 is 0 Å². The first-order valence-electron chi connectivity index (χ1n) is 9.88. The molecule has 0 saturated carbocycles. The highest BCUT2D eigenvalue weighted by Crippen LogP contribution is 2.30. The summed E-state index contributed by atoms with van der Waals surface area (Å²) in [6.45, 7) is 7.61. The summed E-state index contributed by atoms with van der Waals surface area (Å²) in [6.07, 6.45) is 6.85. The van der Waals surface area contributed by atoms with Crippen LogP contribution in [0.4, 0.5) is 0 Å². The number of hydrogen-bond donors (Lipinski definition) is 2. The number of hydrogen-bond acceptors (Lipinski definition) is 4. The van der Waals surface area contributed by atoms with E-state index in [0.29, 0.717) is 23.0 Å². The minimum absolute atomic E-state index is 0.208. The largest absolute Gasteiger partial charge is 0.463 e. The highest BCUT2D eigenvalue weighted by atomic mass is 16.3. The molecule has 0 aliphatic carbocycles. The number of amides is 1. The van der Waals surface area contributed by atoms with Crippen LogP contribution < -0.4 is 5.43 Å². The third-order valence-electron chi connectivity index (χ3n) is 5.06. The number of aryl methyl sites for hydroxylation is 1. The number of nitrogens with zero attached hydrogens (tertiary/aromatic N) is 2. The van der Waals surface area contributed by atoms with Crippen molar-refractivity contribution < 1.29 is 9.21 Å². The smallest absolute Gasteiger partial charge is 0.273 e. The average molecular weight is 383 g/mol. The van der Waals surface area contributed by atoms with Crippen LogP contribution >= 0.6 is 0 Å². The summed E-state index contributed by atoms with van der Waals surface area (Å²) in [5, 5.41) is 4.15. The van der Waals surface area contributed by atoms with E-state index in [1.165, 1.54) is 23.2 Å². The molecule has 6 nitrogen and oxygen atoms in total. The number of aromatic nitrogens is 1. The predicted molar refractivity (Wildman–Crippen MR) is 112 cm³/mol. The number of rotatable bonds is 8. The van der Waals surface area contributed by atoms with Gasteiger partial charge in [-0.25, -0.2) is 5.43 Å². The number of H-pyrrole nitrogens is 1. The van der Waals surface area contributed by atoms with E-state index in [4.69, 9.17) is 4.42 Å². The molecule has 0 fully saturated rings. The van der Waals surface area contributed by atoms with Gasteiger partial charge in [0.25, 0.3) is 5.91 Å². The Balaban J connectivity index is 1.91. The van der Waals surface area contributed by atoms with Gasteiger partial charge in [-0.1, -0.05) is 13.8 Å². The maximum atomic E-state index is 12.4. The Morgan fingerprint density at radius 1 is 1.29 bits per heavy atom. The van der Waals surface area contributed by atoms with Crippen LogP contribution in [-0.4, -0.2) is 42.1 Å². The second-order valence-corrected chi connectivity index (χ2v) is 7.91. The molecule has 150 valence electrons. The number of nitrogens with one attached hydrogen (secondary N) is 2. The van der Waals surface area contributed by atoms with Gasteiger partial charge in [0, 0.05) is 11.4 Å². The SMILES string of the molecule is Cc1[nH]c(C=C2C(=O)NN=C2c2ccco2)c(C(C)C)c1CCCCN(C)C. The lowest BCUT2D eigenvalue weighted by molar-refractivity contribution is -0.116. The Hall–Kier alpha value is -2.60. The molecule has 3 rings (SSSR count). The molecule has 0 atom stereocenters. The zero-order valence-electron chi connectivity index (χ0n) is 17.4. The third kappa shape index (κ3) is 4.28. The molecule has 3 heterocycles. The van der Waals surface area contributed by atoms with Crippen LogP contribution in [0.1, 0.15) is 60.9 Å². The maximum Gasteiger partial charge on any atom is 0.273 e. The van der Waals surface area contributed by atoms with E-state index in [0.717, 1.165) is 25.1 Å². The summed E-state index contributed by atoms with van der Waals surface area (Å²) < 4.78 is 5.45. The normalized spacial score (nSPS) is 15.8. The van der Waals surface area contributed by atoms with Crippen LogP contribution in [0.3, 0.4) is 0 Å². The highest BCUT2D eigenvalue weighted by molar-refractivity contribution is 6.32. The summed E-state index contributed by atoms with van der Waals surface area (Å²) in [5.74, 6) is 0.734. The van der Waals surface area contributed by atoms with Gasteiger partial charge in [0.2, 0.25) is 0 Å². The summed E-state index contributed by atoms with van der Waals surface area (Å²) in [7, 11) is 4.21. The molecule has 0 spiro atoms. The average Bonchev–Trinajstić information content (AvgIpc) is 3.33. The van der Waals surface area contributed by atoms with E-state index in [2.05, 4.69) is 55.3 Å². The van der Waals surface area contributed by atoms with Crippen LogP contribution in [0.25, 0.3) is 6.08 Å². The quantitative estimate of drug-likeness (QED) is 0.538. The lowest BCUT2D eigenvalue weighted by Gasteiger charge is -2.12. The molecule has 0 aromatic carbocycles. The zero-order valence-corrected chi connectivity index (χ0v) is 17.4. The van der Waals surface area contributed by atoms with Crippen LogP contribution in [0.2, 0.25) is 0 Å². The first-order chi connectivity index (χ1) is 13.4. The highest BCUT2D eigenvalue weighted by Gasteiger charge is 2.27. The molecular formula is C22H30N4O2. The van der Waals surface area contributed by atoms with E-state index < -0.39 is 0 Å². The van der Waals surface area contributed by atoms with Gasteiger partial charge in [0.15, 0.2) is 5.76 Å². The zero-order chi connectivity index (χ0) is 20.3. The van der Waals surface area contributed by atoms with Gasteiger partial charge in [-0.05, 0) is 82.1 Å². The molecule has 0 radical (unpaired) electrons. The van der Waals surface area contributed by atoms with Crippen LogP contribution in [0, 0.1) is 6.92 Å². The van der Waals surface area contributed by atoms with E-state index in [1.807, 2.05) is 12.1 Å². The number of unbranched alkanes of at least 4 members (excludes halogenated alkanes) is 1. The predicted octanol–water partition coefficient (Wildman–Crippen LogP) is 3.84. The topological polar surface area (TPSA) is 73.6 Å².